The summed E-state index contributed by atoms with van der Waals surface area (Å²) in [6.45, 7) is 5.65. The molecule has 0 aliphatic heterocycles. The highest BCUT2D eigenvalue weighted by Crippen LogP contribution is 2.27. The molecule has 0 unspecified atom stereocenters. The van der Waals surface area contributed by atoms with Crippen LogP contribution < -0.4 is 10.6 Å². The van der Waals surface area contributed by atoms with E-state index in [1.807, 2.05) is 20.8 Å². The molecule has 0 aromatic carbocycles. The summed E-state index contributed by atoms with van der Waals surface area (Å²) < 4.78 is 0. The van der Waals surface area contributed by atoms with Gasteiger partial charge in [-0.05, 0) is 33.6 Å². The van der Waals surface area contributed by atoms with E-state index in [2.05, 4.69) is 10.6 Å². The Morgan fingerprint density at radius 2 is 1.78 bits per heavy atom. The van der Waals surface area contributed by atoms with Crippen molar-refractivity contribution >= 4 is 23.7 Å². The molecule has 3 amide bonds. The van der Waals surface area contributed by atoms with Crippen LogP contribution >= 0.6 is 11.8 Å². The van der Waals surface area contributed by atoms with Gasteiger partial charge in [0.2, 0.25) is 5.91 Å². The molecule has 1 saturated carbocycles. The SMILES string of the molecule is CC(C)(C)NC(=O)NC(=O)CSC1CCCCC1. The third-order valence-electron chi connectivity index (χ3n) is 2.74. The van der Waals surface area contributed by atoms with Crippen molar-refractivity contribution in [3.05, 3.63) is 0 Å². The number of urea groups is 1. The first-order chi connectivity index (χ1) is 8.37. The molecule has 4 nitrogen and oxygen atoms in total. The Balaban J connectivity index is 2.18. The highest BCUT2D eigenvalue weighted by Gasteiger charge is 2.18. The molecule has 1 aliphatic rings. The number of amides is 3. The fourth-order valence-electron chi connectivity index (χ4n) is 1.96. The van der Waals surface area contributed by atoms with Gasteiger partial charge in [0.25, 0.3) is 0 Å². The summed E-state index contributed by atoms with van der Waals surface area (Å²) in [5.74, 6) is 0.176. The minimum absolute atomic E-state index is 0.202. The first kappa shape index (κ1) is 15.3. The lowest BCUT2D eigenvalue weighted by Crippen LogP contribution is -2.48. The lowest BCUT2D eigenvalue weighted by Gasteiger charge is -2.22. The molecule has 0 radical (unpaired) electrons. The topological polar surface area (TPSA) is 58.2 Å². The lowest BCUT2D eigenvalue weighted by atomic mass is 10.0. The van der Waals surface area contributed by atoms with Crippen LogP contribution in [-0.2, 0) is 4.79 Å². The highest BCUT2D eigenvalue weighted by atomic mass is 32.2. The summed E-state index contributed by atoms with van der Waals surface area (Å²) >= 11 is 1.67. The molecule has 2 N–H and O–H groups in total. The molecule has 0 saturated heterocycles. The summed E-state index contributed by atoms with van der Waals surface area (Å²) in [5.41, 5.74) is -0.319. The van der Waals surface area contributed by atoms with E-state index >= 15 is 0 Å². The highest BCUT2D eigenvalue weighted by molar-refractivity contribution is 8.00. The van der Waals surface area contributed by atoms with Gasteiger partial charge < -0.3 is 5.32 Å². The Morgan fingerprint density at radius 3 is 2.33 bits per heavy atom. The maximum absolute atomic E-state index is 11.6. The maximum Gasteiger partial charge on any atom is 0.321 e. The van der Waals surface area contributed by atoms with Crippen LogP contribution in [0.1, 0.15) is 52.9 Å². The van der Waals surface area contributed by atoms with Gasteiger partial charge in [0, 0.05) is 10.8 Å². The molecule has 0 aromatic rings. The summed E-state index contributed by atoms with van der Waals surface area (Å²) in [6, 6.07) is -0.406. The number of carbonyl (C=O) groups excluding carboxylic acids is 2. The molecule has 1 rings (SSSR count). The lowest BCUT2D eigenvalue weighted by molar-refractivity contribution is -0.117. The molecule has 0 spiro atoms. The van der Waals surface area contributed by atoms with Crippen LogP contribution in [0.5, 0.6) is 0 Å². The Kier molecular flexibility index (Phi) is 5.99. The number of hydrogen-bond acceptors (Lipinski definition) is 3. The van der Waals surface area contributed by atoms with Gasteiger partial charge in [0.15, 0.2) is 0 Å². The Hall–Kier alpha value is -0.710. The molecule has 1 aliphatic carbocycles. The number of thioether (sulfide) groups is 1. The number of rotatable bonds is 3. The summed E-state index contributed by atoms with van der Waals surface area (Å²) in [6.07, 6.45) is 6.25. The van der Waals surface area contributed by atoms with Crippen LogP contribution in [0.2, 0.25) is 0 Å². The second-order valence-electron chi connectivity index (χ2n) is 5.82. The van der Waals surface area contributed by atoms with Crippen LogP contribution in [0.25, 0.3) is 0 Å². The first-order valence-electron chi connectivity index (χ1n) is 6.60. The van der Waals surface area contributed by atoms with E-state index in [9.17, 15) is 9.59 Å². The van der Waals surface area contributed by atoms with Gasteiger partial charge in [-0.1, -0.05) is 19.3 Å². The average Bonchev–Trinajstić information content (AvgIpc) is 2.25. The van der Waals surface area contributed by atoms with Crippen molar-refractivity contribution in [1.29, 1.82) is 0 Å². The van der Waals surface area contributed by atoms with Crippen LogP contribution in [-0.4, -0.2) is 28.5 Å². The van der Waals surface area contributed by atoms with Crippen molar-refractivity contribution in [2.24, 2.45) is 0 Å². The molecule has 104 valence electrons. The summed E-state index contributed by atoms with van der Waals surface area (Å²) in [4.78, 5) is 23.1. The fraction of sp³-hybridized carbons (Fsp3) is 0.846. The zero-order chi connectivity index (χ0) is 13.6. The minimum Gasteiger partial charge on any atom is -0.333 e. The summed E-state index contributed by atoms with van der Waals surface area (Å²) in [7, 11) is 0. The Bertz CT molecular complexity index is 294. The van der Waals surface area contributed by atoms with Crippen LogP contribution in [0, 0.1) is 0 Å². The Morgan fingerprint density at radius 1 is 1.17 bits per heavy atom. The molecular weight excluding hydrogens is 248 g/mol. The van der Waals surface area contributed by atoms with E-state index in [-0.39, 0.29) is 11.4 Å². The van der Waals surface area contributed by atoms with E-state index < -0.39 is 6.03 Å². The first-order valence-corrected chi connectivity index (χ1v) is 7.65. The molecular formula is C13H24N2O2S. The normalized spacial score (nSPS) is 17.3. The maximum atomic E-state index is 11.6. The number of hydrogen-bond donors (Lipinski definition) is 2. The average molecular weight is 272 g/mol. The molecule has 18 heavy (non-hydrogen) atoms. The van der Waals surface area contributed by atoms with Gasteiger partial charge in [-0.15, -0.1) is 11.8 Å². The predicted molar refractivity (Wildman–Crippen MR) is 75.8 cm³/mol. The third-order valence-corrected chi connectivity index (χ3v) is 4.12. The standard InChI is InChI=1S/C13H24N2O2S/c1-13(2,3)15-12(17)14-11(16)9-18-10-7-5-4-6-8-10/h10H,4-9H2,1-3H3,(H2,14,15,16,17). The minimum atomic E-state index is -0.406. The van der Waals surface area contributed by atoms with Gasteiger partial charge in [-0.25, -0.2) is 4.79 Å². The number of carbonyl (C=O) groups is 2. The van der Waals surface area contributed by atoms with E-state index in [0.29, 0.717) is 11.0 Å². The molecule has 0 aromatic heterocycles. The van der Waals surface area contributed by atoms with E-state index in [0.717, 1.165) is 0 Å². The molecule has 5 heteroatoms. The van der Waals surface area contributed by atoms with Gasteiger partial charge in [-0.2, -0.15) is 0 Å². The summed E-state index contributed by atoms with van der Waals surface area (Å²) in [5, 5.41) is 5.67. The van der Waals surface area contributed by atoms with Crippen molar-refractivity contribution in [1.82, 2.24) is 10.6 Å². The molecule has 0 atom stereocenters. The predicted octanol–water partition coefficient (Wildman–Crippen LogP) is 2.68. The zero-order valence-corrected chi connectivity index (χ0v) is 12.4. The molecule has 0 heterocycles. The van der Waals surface area contributed by atoms with Crippen LogP contribution in [0.15, 0.2) is 0 Å². The van der Waals surface area contributed by atoms with E-state index in [1.54, 1.807) is 11.8 Å². The monoisotopic (exact) mass is 272 g/mol. The van der Waals surface area contributed by atoms with Crippen LogP contribution in [0.4, 0.5) is 4.79 Å². The van der Waals surface area contributed by atoms with Crippen LogP contribution in [0.3, 0.4) is 0 Å². The van der Waals surface area contributed by atoms with Gasteiger partial charge >= 0.3 is 6.03 Å². The van der Waals surface area contributed by atoms with Gasteiger partial charge in [0.1, 0.15) is 0 Å². The van der Waals surface area contributed by atoms with Crippen molar-refractivity contribution in [3.8, 4) is 0 Å². The molecule has 1 fully saturated rings. The van der Waals surface area contributed by atoms with E-state index in [4.69, 9.17) is 0 Å². The second kappa shape index (κ2) is 7.02. The fourth-order valence-corrected chi connectivity index (χ4v) is 3.09. The van der Waals surface area contributed by atoms with Gasteiger partial charge in [0.05, 0.1) is 5.75 Å². The number of nitrogens with one attached hydrogen (secondary N) is 2. The largest absolute Gasteiger partial charge is 0.333 e. The molecule has 0 bridgehead atoms. The zero-order valence-electron chi connectivity index (χ0n) is 11.5. The Labute approximate surface area is 114 Å². The smallest absolute Gasteiger partial charge is 0.321 e. The van der Waals surface area contributed by atoms with Crippen molar-refractivity contribution in [3.63, 3.8) is 0 Å². The van der Waals surface area contributed by atoms with Crippen molar-refractivity contribution in [2.45, 2.75) is 63.7 Å². The van der Waals surface area contributed by atoms with Crippen molar-refractivity contribution < 1.29 is 9.59 Å². The quantitative estimate of drug-likeness (QED) is 0.830. The second-order valence-corrected chi connectivity index (χ2v) is 7.11. The van der Waals surface area contributed by atoms with Crippen molar-refractivity contribution in [2.75, 3.05) is 5.75 Å². The number of imide groups is 1. The van der Waals surface area contributed by atoms with Gasteiger partial charge in [-0.3, -0.25) is 10.1 Å². The third kappa shape index (κ3) is 6.89. The van der Waals surface area contributed by atoms with E-state index in [1.165, 1.54) is 32.1 Å².